The fraction of sp³-hybridized carbons (Fsp3) is 0.400. The maximum absolute atomic E-state index is 13.5. The van der Waals surface area contributed by atoms with Crippen LogP contribution in [0.25, 0.3) is 0 Å². The Balaban J connectivity index is 1.84. The molecule has 0 fully saturated rings. The van der Waals surface area contributed by atoms with Crippen molar-refractivity contribution < 1.29 is 24.4 Å². The lowest BCUT2D eigenvalue weighted by molar-refractivity contribution is 0.105. The first kappa shape index (κ1) is 17.3. The van der Waals surface area contributed by atoms with Crippen LogP contribution in [0.4, 0.5) is 10.2 Å². The molecule has 10 heteroatoms. The zero-order chi connectivity index (χ0) is 17.8. The van der Waals surface area contributed by atoms with E-state index in [1.807, 2.05) is 5.48 Å². The third kappa shape index (κ3) is 3.76. The van der Waals surface area contributed by atoms with Gasteiger partial charge in [0.15, 0.2) is 11.5 Å². The lowest BCUT2D eigenvalue weighted by atomic mass is 10.1. The monoisotopic (exact) mass is 351 g/mol. The molecule has 134 valence electrons. The molecule has 0 aliphatic heterocycles. The number of nitrogens with one attached hydrogen (secondary N) is 2. The summed E-state index contributed by atoms with van der Waals surface area (Å²) in [5, 5.41) is 37.7. The van der Waals surface area contributed by atoms with E-state index in [0.29, 0.717) is 6.42 Å². The first-order valence-electron chi connectivity index (χ1n) is 7.74. The largest absolute Gasteiger partial charge is 0.394 e. The summed E-state index contributed by atoms with van der Waals surface area (Å²) in [7, 11) is 0. The van der Waals surface area contributed by atoms with Crippen LogP contribution >= 0.6 is 0 Å². The van der Waals surface area contributed by atoms with Crippen LogP contribution in [0.3, 0.4) is 0 Å². The third-order valence-corrected chi connectivity index (χ3v) is 3.97. The lowest BCUT2D eigenvalue weighted by Crippen LogP contribution is -2.26. The molecule has 3 rings (SSSR count). The van der Waals surface area contributed by atoms with Gasteiger partial charge in [-0.15, -0.1) is 0 Å². The Labute approximate surface area is 142 Å². The molecule has 0 spiro atoms. The van der Waals surface area contributed by atoms with E-state index in [4.69, 9.17) is 5.11 Å². The number of halogens is 1. The molecule has 5 N–H and O–H groups in total. The predicted molar refractivity (Wildman–Crippen MR) is 84.8 cm³/mol. The summed E-state index contributed by atoms with van der Waals surface area (Å²) in [6.07, 6.45) is 0.436. The fourth-order valence-electron chi connectivity index (χ4n) is 2.72. The molecule has 2 aromatic rings. The van der Waals surface area contributed by atoms with Crippen LogP contribution in [0.15, 0.2) is 27.8 Å². The molecule has 25 heavy (non-hydrogen) atoms. The number of hydrogen-bond donors (Lipinski definition) is 5. The van der Waals surface area contributed by atoms with Gasteiger partial charge in [-0.1, -0.05) is 6.07 Å². The maximum atomic E-state index is 13.5. The quantitative estimate of drug-likeness (QED) is 0.286. The molecule has 0 radical (unpaired) electrons. The number of aromatic nitrogens is 2. The minimum atomic E-state index is -0.989. The number of aliphatic hydroxyl groups is 2. The average Bonchev–Trinajstić information content (AvgIpc) is 3.24. The second-order valence-corrected chi connectivity index (χ2v) is 5.67. The van der Waals surface area contributed by atoms with Crippen LogP contribution in [-0.2, 0) is 6.42 Å². The SMILES string of the molecule is OC[C@@H](O)CNc1nonc1C(=NC1CCc2ccc(F)cc21)NO. The van der Waals surface area contributed by atoms with Crippen molar-refractivity contribution in [2.75, 3.05) is 18.5 Å². The average molecular weight is 351 g/mol. The molecule has 9 nitrogen and oxygen atoms in total. The number of hydroxylamine groups is 1. The highest BCUT2D eigenvalue weighted by atomic mass is 19.1. The van der Waals surface area contributed by atoms with Gasteiger partial charge in [0.25, 0.3) is 0 Å². The van der Waals surface area contributed by atoms with E-state index in [2.05, 4.69) is 25.3 Å². The van der Waals surface area contributed by atoms with Gasteiger partial charge < -0.3 is 15.5 Å². The van der Waals surface area contributed by atoms with Crippen molar-refractivity contribution in [3.8, 4) is 0 Å². The number of amidine groups is 1. The van der Waals surface area contributed by atoms with Gasteiger partial charge in [-0.3, -0.25) is 15.7 Å². The van der Waals surface area contributed by atoms with E-state index in [1.165, 1.54) is 12.1 Å². The molecule has 1 aliphatic rings. The highest BCUT2D eigenvalue weighted by Gasteiger charge is 2.25. The summed E-state index contributed by atoms with van der Waals surface area (Å²) in [4.78, 5) is 4.40. The van der Waals surface area contributed by atoms with Gasteiger partial charge in [0.1, 0.15) is 5.82 Å². The van der Waals surface area contributed by atoms with Gasteiger partial charge in [0, 0.05) is 6.54 Å². The smallest absolute Gasteiger partial charge is 0.202 e. The molecule has 0 amide bonds. The van der Waals surface area contributed by atoms with Crippen LogP contribution in [0.1, 0.15) is 29.3 Å². The minimum Gasteiger partial charge on any atom is -0.394 e. The number of aliphatic hydroxyl groups excluding tert-OH is 2. The van der Waals surface area contributed by atoms with Gasteiger partial charge in [-0.05, 0) is 46.4 Å². The summed E-state index contributed by atoms with van der Waals surface area (Å²) >= 11 is 0. The van der Waals surface area contributed by atoms with E-state index < -0.39 is 12.7 Å². The third-order valence-electron chi connectivity index (χ3n) is 3.97. The number of fused-ring (bicyclic) bond motifs is 1. The van der Waals surface area contributed by atoms with Crippen LogP contribution in [0.5, 0.6) is 0 Å². The molecule has 0 saturated heterocycles. The molecule has 1 aliphatic carbocycles. The summed E-state index contributed by atoms with van der Waals surface area (Å²) in [5.41, 5.74) is 3.84. The second kappa shape index (κ2) is 7.55. The Kier molecular flexibility index (Phi) is 5.22. The van der Waals surface area contributed by atoms with Crippen LogP contribution in [0, 0.1) is 5.82 Å². The summed E-state index contributed by atoms with van der Waals surface area (Å²) in [5.74, 6) is -0.197. The zero-order valence-electron chi connectivity index (χ0n) is 13.2. The zero-order valence-corrected chi connectivity index (χ0v) is 13.2. The Hall–Kier alpha value is -2.56. The molecule has 1 heterocycles. The van der Waals surface area contributed by atoms with Crippen LogP contribution in [-0.4, -0.2) is 50.8 Å². The topological polar surface area (TPSA) is 136 Å². The van der Waals surface area contributed by atoms with Gasteiger partial charge in [-0.25, -0.2) is 9.02 Å². The maximum Gasteiger partial charge on any atom is 0.202 e. The van der Waals surface area contributed by atoms with E-state index in [0.717, 1.165) is 17.5 Å². The summed E-state index contributed by atoms with van der Waals surface area (Å²) in [6, 6.07) is 4.23. The van der Waals surface area contributed by atoms with Crippen molar-refractivity contribution in [3.63, 3.8) is 0 Å². The first-order chi connectivity index (χ1) is 12.1. The Morgan fingerprint density at radius 3 is 3.04 bits per heavy atom. The number of benzene rings is 1. The second-order valence-electron chi connectivity index (χ2n) is 5.67. The van der Waals surface area contributed by atoms with Gasteiger partial charge in [0.2, 0.25) is 5.82 Å². The predicted octanol–water partition coefficient (Wildman–Crippen LogP) is 0.387. The van der Waals surface area contributed by atoms with Gasteiger partial charge in [0.05, 0.1) is 18.8 Å². The molecule has 1 aromatic carbocycles. The number of rotatable bonds is 6. The Morgan fingerprint density at radius 2 is 2.28 bits per heavy atom. The normalized spacial score (nSPS) is 18.1. The molecular formula is C15H18FN5O4. The molecule has 0 saturated carbocycles. The molecule has 1 unspecified atom stereocenters. The van der Waals surface area contributed by atoms with Crippen molar-refractivity contribution in [2.45, 2.75) is 25.0 Å². The number of aryl methyl sites for hydroxylation is 1. The van der Waals surface area contributed by atoms with Gasteiger partial charge >= 0.3 is 0 Å². The highest BCUT2D eigenvalue weighted by Crippen LogP contribution is 2.35. The van der Waals surface area contributed by atoms with Crippen LogP contribution < -0.4 is 10.8 Å². The van der Waals surface area contributed by atoms with Crippen molar-refractivity contribution in [1.29, 1.82) is 0 Å². The number of anilines is 1. The first-order valence-corrected chi connectivity index (χ1v) is 7.74. The summed E-state index contributed by atoms with van der Waals surface area (Å²) in [6.45, 7) is -0.412. The molecule has 0 bridgehead atoms. The Bertz CT molecular complexity index is 766. The molecular weight excluding hydrogens is 333 g/mol. The standard InChI is InChI=1S/C15H18FN5O4/c16-9-3-1-8-2-4-12(11(8)5-9)18-15(19-24)13-14(21-25-20-13)17-6-10(23)7-22/h1,3,5,10,12,22-24H,2,4,6-7H2,(H,17,21)(H,18,19)/t10-,12?/m0/s1. The van der Waals surface area contributed by atoms with Gasteiger partial charge in [-0.2, -0.15) is 0 Å². The highest BCUT2D eigenvalue weighted by molar-refractivity contribution is 6.00. The molecule has 2 atom stereocenters. The number of nitrogens with zero attached hydrogens (tertiary/aromatic N) is 3. The molecule has 1 aromatic heterocycles. The fourth-order valence-corrected chi connectivity index (χ4v) is 2.72. The van der Waals surface area contributed by atoms with Crippen molar-refractivity contribution in [3.05, 3.63) is 40.8 Å². The van der Waals surface area contributed by atoms with E-state index in [9.17, 15) is 14.7 Å². The number of hydrogen-bond acceptors (Lipinski definition) is 8. The van der Waals surface area contributed by atoms with Crippen molar-refractivity contribution in [1.82, 2.24) is 15.8 Å². The van der Waals surface area contributed by atoms with E-state index in [-0.39, 0.29) is 35.8 Å². The van der Waals surface area contributed by atoms with Crippen molar-refractivity contribution in [2.24, 2.45) is 4.99 Å². The minimum absolute atomic E-state index is 0.00403. The number of aliphatic imine (C=N–C) groups is 1. The summed E-state index contributed by atoms with van der Waals surface area (Å²) < 4.78 is 18.1. The van der Waals surface area contributed by atoms with E-state index >= 15 is 0 Å². The lowest BCUT2D eigenvalue weighted by Gasteiger charge is -2.11. The Morgan fingerprint density at radius 1 is 1.44 bits per heavy atom. The van der Waals surface area contributed by atoms with Crippen LogP contribution in [0.2, 0.25) is 0 Å². The van der Waals surface area contributed by atoms with E-state index in [1.54, 1.807) is 6.07 Å². The van der Waals surface area contributed by atoms with Crippen molar-refractivity contribution >= 4 is 11.7 Å².